The van der Waals surface area contributed by atoms with Crippen LogP contribution in [-0.2, 0) is 13.6 Å². The molecular weight excluding hydrogens is 330 g/mol. The zero-order chi connectivity index (χ0) is 17.1. The number of nitrogens with zero attached hydrogens (tertiary/aromatic N) is 6. The number of hydrogen-bond donors (Lipinski definition) is 1. The Bertz CT molecular complexity index is 913. The molecule has 9 nitrogen and oxygen atoms in total. The lowest BCUT2D eigenvalue weighted by molar-refractivity contribution is 0.0955. The predicted octanol–water partition coefficient (Wildman–Crippen LogP) is 0.234. The van der Waals surface area contributed by atoms with E-state index in [4.69, 9.17) is 0 Å². The van der Waals surface area contributed by atoms with Gasteiger partial charge < -0.3 is 5.32 Å². The summed E-state index contributed by atoms with van der Waals surface area (Å²) in [4.78, 5) is 28.7. The summed E-state index contributed by atoms with van der Waals surface area (Å²) in [5.41, 5.74) is 1.09. The van der Waals surface area contributed by atoms with Gasteiger partial charge in [-0.05, 0) is 30.6 Å². The minimum Gasteiger partial charge on any atom is -0.349 e. The number of hydrogen-bond acceptors (Lipinski definition) is 7. The maximum absolute atomic E-state index is 12.2. The molecule has 0 radical (unpaired) electrons. The molecule has 0 unspecified atom stereocenters. The van der Waals surface area contributed by atoms with Crippen LogP contribution in [-0.4, -0.2) is 41.4 Å². The normalized spacial score (nSPS) is 10.8. The standard InChI is InChI=1S/C14H15N7O2S/c1-9-11(24-19-17-9)13(22)16-6-7-21-14(23)20(2)12(18-21)10-4-3-5-15-8-10/h3-5,8H,6-7H2,1-2H3,(H,16,22). The van der Waals surface area contributed by atoms with Gasteiger partial charge in [-0.15, -0.1) is 10.2 Å². The van der Waals surface area contributed by atoms with Crippen molar-refractivity contribution in [3.63, 3.8) is 0 Å². The van der Waals surface area contributed by atoms with Crippen LogP contribution in [0.5, 0.6) is 0 Å². The molecule has 0 aromatic carbocycles. The summed E-state index contributed by atoms with van der Waals surface area (Å²) >= 11 is 1.04. The lowest BCUT2D eigenvalue weighted by Gasteiger charge is -2.03. The molecule has 0 aliphatic carbocycles. The van der Waals surface area contributed by atoms with Crippen molar-refractivity contribution in [3.05, 3.63) is 45.6 Å². The number of amides is 1. The minimum atomic E-state index is -0.251. The Morgan fingerprint density at radius 3 is 2.92 bits per heavy atom. The van der Waals surface area contributed by atoms with Gasteiger partial charge in [-0.25, -0.2) is 9.48 Å². The third kappa shape index (κ3) is 3.08. The van der Waals surface area contributed by atoms with Crippen LogP contribution >= 0.6 is 11.5 Å². The van der Waals surface area contributed by atoms with E-state index in [0.717, 1.165) is 17.1 Å². The summed E-state index contributed by atoms with van der Waals surface area (Å²) in [5.74, 6) is 0.279. The summed E-state index contributed by atoms with van der Waals surface area (Å²) < 4.78 is 6.50. The average molecular weight is 345 g/mol. The molecule has 0 aliphatic heterocycles. The summed E-state index contributed by atoms with van der Waals surface area (Å²) in [6.07, 6.45) is 3.30. The topological polar surface area (TPSA) is 108 Å². The fourth-order valence-electron chi connectivity index (χ4n) is 2.18. The van der Waals surface area contributed by atoms with Crippen molar-refractivity contribution in [2.24, 2.45) is 7.05 Å². The second-order valence-electron chi connectivity index (χ2n) is 5.07. The number of aryl methyl sites for hydroxylation is 1. The second kappa shape index (κ2) is 6.71. The van der Waals surface area contributed by atoms with Crippen LogP contribution < -0.4 is 11.0 Å². The third-order valence-electron chi connectivity index (χ3n) is 3.43. The van der Waals surface area contributed by atoms with Crippen molar-refractivity contribution in [1.82, 2.24) is 34.2 Å². The fourth-order valence-corrected chi connectivity index (χ4v) is 2.75. The Labute approximate surface area is 141 Å². The molecule has 10 heteroatoms. The lowest BCUT2D eigenvalue weighted by Crippen LogP contribution is -2.31. The van der Waals surface area contributed by atoms with Crippen LogP contribution in [0.15, 0.2) is 29.3 Å². The van der Waals surface area contributed by atoms with E-state index in [1.807, 2.05) is 6.07 Å². The number of nitrogens with one attached hydrogen (secondary N) is 1. The van der Waals surface area contributed by atoms with Crippen molar-refractivity contribution in [1.29, 1.82) is 0 Å². The van der Waals surface area contributed by atoms with Gasteiger partial charge in [0.05, 0.1) is 12.2 Å². The van der Waals surface area contributed by atoms with Gasteiger partial charge in [0.15, 0.2) is 5.82 Å². The lowest BCUT2D eigenvalue weighted by atomic mass is 10.3. The highest BCUT2D eigenvalue weighted by Gasteiger charge is 2.14. The highest BCUT2D eigenvalue weighted by atomic mass is 32.1. The number of carbonyl (C=O) groups is 1. The molecular formula is C14H15N7O2S. The maximum atomic E-state index is 12.2. The van der Waals surface area contributed by atoms with Crippen LogP contribution in [0.1, 0.15) is 15.4 Å². The van der Waals surface area contributed by atoms with E-state index >= 15 is 0 Å². The average Bonchev–Trinajstić information content (AvgIpc) is 3.14. The Morgan fingerprint density at radius 2 is 2.25 bits per heavy atom. The van der Waals surface area contributed by atoms with Crippen LogP contribution in [0, 0.1) is 6.92 Å². The minimum absolute atomic E-state index is 0.251. The van der Waals surface area contributed by atoms with E-state index in [1.54, 1.807) is 32.4 Å². The molecule has 3 rings (SSSR count). The summed E-state index contributed by atoms with van der Waals surface area (Å²) in [7, 11) is 1.65. The molecule has 24 heavy (non-hydrogen) atoms. The fraction of sp³-hybridized carbons (Fsp3) is 0.286. The monoisotopic (exact) mass is 345 g/mol. The van der Waals surface area contributed by atoms with Crippen molar-refractivity contribution < 1.29 is 4.79 Å². The predicted molar refractivity (Wildman–Crippen MR) is 87.7 cm³/mol. The third-order valence-corrected chi connectivity index (χ3v) is 4.25. The Kier molecular flexibility index (Phi) is 4.47. The van der Waals surface area contributed by atoms with Gasteiger partial charge in [-0.3, -0.25) is 14.3 Å². The first-order chi connectivity index (χ1) is 11.6. The Balaban J connectivity index is 1.69. The molecule has 0 saturated heterocycles. The van der Waals surface area contributed by atoms with E-state index in [9.17, 15) is 9.59 Å². The highest BCUT2D eigenvalue weighted by molar-refractivity contribution is 7.07. The summed E-state index contributed by atoms with van der Waals surface area (Å²) in [6.45, 7) is 2.27. The van der Waals surface area contributed by atoms with Gasteiger partial charge in [0, 0.05) is 31.5 Å². The molecule has 1 amide bonds. The van der Waals surface area contributed by atoms with Crippen molar-refractivity contribution in [3.8, 4) is 11.4 Å². The van der Waals surface area contributed by atoms with Crippen molar-refractivity contribution in [2.75, 3.05) is 6.54 Å². The zero-order valence-electron chi connectivity index (χ0n) is 13.1. The second-order valence-corrected chi connectivity index (χ2v) is 5.83. The number of pyridine rings is 1. The van der Waals surface area contributed by atoms with Crippen molar-refractivity contribution in [2.45, 2.75) is 13.5 Å². The first kappa shape index (κ1) is 16.0. The molecule has 3 aromatic rings. The quantitative estimate of drug-likeness (QED) is 0.709. The Morgan fingerprint density at radius 1 is 1.42 bits per heavy atom. The van der Waals surface area contributed by atoms with Gasteiger partial charge in [-0.2, -0.15) is 0 Å². The number of aromatic nitrogens is 6. The van der Waals surface area contributed by atoms with E-state index in [1.165, 1.54) is 9.25 Å². The van der Waals surface area contributed by atoms with Crippen LogP contribution in [0.3, 0.4) is 0 Å². The smallest absolute Gasteiger partial charge is 0.345 e. The molecule has 3 heterocycles. The molecule has 0 saturated carbocycles. The molecule has 124 valence electrons. The van der Waals surface area contributed by atoms with Gasteiger partial charge >= 0.3 is 5.69 Å². The van der Waals surface area contributed by atoms with Gasteiger partial charge in [0.25, 0.3) is 5.91 Å². The van der Waals surface area contributed by atoms with Gasteiger partial charge in [-0.1, -0.05) is 4.49 Å². The largest absolute Gasteiger partial charge is 0.349 e. The van der Waals surface area contributed by atoms with E-state index in [0.29, 0.717) is 16.4 Å². The number of carbonyl (C=O) groups excluding carboxylic acids is 1. The first-order valence-electron chi connectivity index (χ1n) is 7.19. The summed E-state index contributed by atoms with van der Waals surface area (Å²) in [5, 5.41) is 10.8. The molecule has 0 bridgehead atoms. The van der Waals surface area contributed by atoms with E-state index in [2.05, 4.69) is 25.0 Å². The van der Waals surface area contributed by atoms with Crippen LogP contribution in [0.2, 0.25) is 0 Å². The van der Waals surface area contributed by atoms with Gasteiger partial charge in [0.2, 0.25) is 0 Å². The first-order valence-corrected chi connectivity index (χ1v) is 7.96. The molecule has 0 aliphatic rings. The molecule has 0 spiro atoms. The van der Waals surface area contributed by atoms with Crippen LogP contribution in [0.25, 0.3) is 11.4 Å². The number of rotatable bonds is 5. The van der Waals surface area contributed by atoms with Crippen molar-refractivity contribution >= 4 is 17.4 Å². The maximum Gasteiger partial charge on any atom is 0.345 e. The summed E-state index contributed by atoms with van der Waals surface area (Å²) in [6, 6.07) is 3.62. The Hall–Kier alpha value is -2.88. The SMILES string of the molecule is Cc1nnsc1C(=O)NCCn1nc(-c2cccnc2)n(C)c1=O. The van der Waals surface area contributed by atoms with Crippen LogP contribution in [0.4, 0.5) is 0 Å². The van der Waals surface area contributed by atoms with E-state index < -0.39 is 0 Å². The molecule has 0 atom stereocenters. The molecule has 0 fully saturated rings. The van der Waals surface area contributed by atoms with Gasteiger partial charge in [0.1, 0.15) is 4.88 Å². The highest BCUT2D eigenvalue weighted by Crippen LogP contribution is 2.12. The molecule has 1 N–H and O–H groups in total. The zero-order valence-corrected chi connectivity index (χ0v) is 13.9. The molecule has 3 aromatic heterocycles. The van der Waals surface area contributed by atoms with E-state index in [-0.39, 0.29) is 24.7 Å².